The smallest absolute Gasteiger partial charge is 0.258 e. The number of fused-ring (bicyclic) bond motifs is 1. The van der Waals surface area contributed by atoms with Crippen LogP contribution in [-0.4, -0.2) is 52.9 Å². The summed E-state index contributed by atoms with van der Waals surface area (Å²) in [5.41, 5.74) is 0.609. The van der Waals surface area contributed by atoms with Crippen LogP contribution in [0.25, 0.3) is 0 Å². The second-order valence-corrected chi connectivity index (χ2v) is 4.55. The summed E-state index contributed by atoms with van der Waals surface area (Å²) in [6, 6.07) is 0. The highest BCUT2D eigenvalue weighted by molar-refractivity contribution is 5.98. The van der Waals surface area contributed by atoms with Gasteiger partial charge in [0, 0.05) is 33.8 Å². The van der Waals surface area contributed by atoms with Gasteiger partial charge in [0.2, 0.25) is 0 Å². The Balaban J connectivity index is 2.18. The Morgan fingerprint density at radius 1 is 1.71 bits per heavy atom. The molecule has 0 spiro atoms. The molecule has 0 saturated heterocycles. The van der Waals surface area contributed by atoms with E-state index in [9.17, 15) is 4.79 Å². The van der Waals surface area contributed by atoms with Crippen molar-refractivity contribution >= 4 is 11.7 Å². The fraction of sp³-hybridized carbons (Fsp3) is 0.636. The maximum absolute atomic E-state index is 11.9. The monoisotopic (exact) mass is 238 g/mol. The van der Waals surface area contributed by atoms with Crippen LogP contribution in [-0.2, 0) is 6.54 Å². The van der Waals surface area contributed by atoms with Crippen LogP contribution >= 0.6 is 0 Å². The molecule has 2 rings (SSSR count). The first-order valence-electron chi connectivity index (χ1n) is 5.75. The lowest BCUT2D eigenvalue weighted by Crippen LogP contribution is -2.30. The van der Waals surface area contributed by atoms with Crippen LogP contribution < -0.4 is 5.32 Å². The van der Waals surface area contributed by atoms with Crippen LogP contribution in [0.5, 0.6) is 0 Å². The summed E-state index contributed by atoms with van der Waals surface area (Å²) in [5, 5.41) is 16.4. The van der Waals surface area contributed by atoms with Crippen LogP contribution in [0.2, 0.25) is 0 Å². The number of carbonyl (C=O) groups excluding carboxylic acids is 1. The molecule has 0 radical (unpaired) electrons. The second-order valence-electron chi connectivity index (χ2n) is 4.55. The molecule has 6 heteroatoms. The van der Waals surface area contributed by atoms with Crippen molar-refractivity contribution in [2.24, 2.45) is 5.92 Å². The van der Waals surface area contributed by atoms with Gasteiger partial charge in [-0.1, -0.05) is 0 Å². The van der Waals surface area contributed by atoms with Gasteiger partial charge in [-0.15, -0.1) is 0 Å². The minimum atomic E-state index is -0.0423. The van der Waals surface area contributed by atoms with Crippen molar-refractivity contribution in [2.75, 3.05) is 32.6 Å². The normalized spacial score (nSPS) is 18.4. The molecule has 0 aromatic carbocycles. The quantitative estimate of drug-likeness (QED) is 0.778. The summed E-state index contributed by atoms with van der Waals surface area (Å²) < 4.78 is 1.81. The summed E-state index contributed by atoms with van der Waals surface area (Å²) in [6.45, 7) is 1.72. The van der Waals surface area contributed by atoms with Crippen molar-refractivity contribution in [3.8, 4) is 0 Å². The number of aliphatic hydroxyl groups is 1. The Morgan fingerprint density at radius 2 is 2.47 bits per heavy atom. The fourth-order valence-corrected chi connectivity index (χ4v) is 2.03. The summed E-state index contributed by atoms with van der Waals surface area (Å²) in [4.78, 5) is 13.4. The molecule has 1 aromatic rings. The Kier molecular flexibility index (Phi) is 3.33. The predicted molar refractivity (Wildman–Crippen MR) is 63.9 cm³/mol. The van der Waals surface area contributed by atoms with E-state index in [4.69, 9.17) is 5.11 Å². The molecule has 1 atom stereocenters. The number of hydrogen-bond donors (Lipinski definition) is 2. The number of anilines is 1. The molecule has 1 amide bonds. The van der Waals surface area contributed by atoms with Gasteiger partial charge >= 0.3 is 0 Å². The van der Waals surface area contributed by atoms with Crippen molar-refractivity contribution in [3.05, 3.63) is 11.8 Å². The summed E-state index contributed by atoms with van der Waals surface area (Å²) in [6.07, 6.45) is 2.36. The van der Waals surface area contributed by atoms with Crippen molar-refractivity contribution in [2.45, 2.75) is 13.0 Å². The van der Waals surface area contributed by atoms with Crippen LogP contribution in [0.3, 0.4) is 0 Å². The van der Waals surface area contributed by atoms with Crippen molar-refractivity contribution in [1.82, 2.24) is 14.7 Å². The van der Waals surface area contributed by atoms with Gasteiger partial charge in [0.1, 0.15) is 11.4 Å². The van der Waals surface area contributed by atoms with Gasteiger partial charge in [-0.2, -0.15) is 5.10 Å². The van der Waals surface area contributed by atoms with E-state index >= 15 is 0 Å². The van der Waals surface area contributed by atoms with Gasteiger partial charge in [0.05, 0.1) is 6.20 Å². The molecule has 1 unspecified atom stereocenters. The Labute approximate surface area is 100 Å². The Bertz CT molecular complexity index is 414. The minimum Gasteiger partial charge on any atom is -0.396 e. The standard InChI is InChI=1S/C11H18N4O2/c1-14(2)11(17)9-6-13-15-7-8(3-4-16)5-12-10(9)15/h6,8,12,16H,3-5,7H2,1-2H3. The molecular formula is C11H18N4O2. The first kappa shape index (κ1) is 11.9. The van der Waals surface area contributed by atoms with E-state index in [1.807, 2.05) is 0 Å². The van der Waals surface area contributed by atoms with Gasteiger partial charge in [-0.05, 0) is 12.3 Å². The summed E-state index contributed by atoms with van der Waals surface area (Å²) in [5.74, 6) is 1.12. The Morgan fingerprint density at radius 3 is 3.12 bits per heavy atom. The lowest BCUT2D eigenvalue weighted by Gasteiger charge is -2.25. The van der Waals surface area contributed by atoms with E-state index in [1.165, 1.54) is 0 Å². The van der Waals surface area contributed by atoms with Crippen LogP contribution in [0.15, 0.2) is 6.20 Å². The topological polar surface area (TPSA) is 70.4 Å². The molecular weight excluding hydrogens is 220 g/mol. The van der Waals surface area contributed by atoms with Crippen LogP contribution in [0.1, 0.15) is 16.8 Å². The third-order valence-electron chi connectivity index (χ3n) is 3.00. The average Bonchev–Trinajstić information content (AvgIpc) is 2.71. The lowest BCUT2D eigenvalue weighted by atomic mass is 10.0. The molecule has 1 aliphatic rings. The number of aliphatic hydroxyl groups excluding tert-OH is 1. The largest absolute Gasteiger partial charge is 0.396 e. The second kappa shape index (κ2) is 4.75. The molecule has 6 nitrogen and oxygen atoms in total. The SMILES string of the molecule is CN(C)C(=O)c1cnn2c1NCC(CCO)C2. The van der Waals surface area contributed by atoms with Crippen molar-refractivity contribution in [1.29, 1.82) is 0 Å². The van der Waals surface area contributed by atoms with Gasteiger partial charge in [-0.3, -0.25) is 4.79 Å². The number of nitrogens with one attached hydrogen (secondary N) is 1. The molecule has 0 saturated carbocycles. The molecule has 1 aromatic heterocycles. The Hall–Kier alpha value is -1.56. The fourth-order valence-electron chi connectivity index (χ4n) is 2.03. The number of hydrogen-bond acceptors (Lipinski definition) is 4. The highest BCUT2D eigenvalue weighted by Gasteiger charge is 2.24. The average molecular weight is 238 g/mol. The highest BCUT2D eigenvalue weighted by Crippen LogP contribution is 2.23. The molecule has 94 valence electrons. The maximum atomic E-state index is 11.9. The van der Waals surface area contributed by atoms with Crippen molar-refractivity contribution < 1.29 is 9.90 Å². The summed E-state index contributed by atoms with van der Waals surface area (Å²) in [7, 11) is 3.45. The molecule has 1 aliphatic heterocycles. The molecule has 2 N–H and O–H groups in total. The number of nitrogens with zero attached hydrogens (tertiary/aromatic N) is 3. The molecule has 2 heterocycles. The molecule has 0 aliphatic carbocycles. The number of carbonyl (C=O) groups is 1. The summed E-state index contributed by atoms with van der Waals surface area (Å²) >= 11 is 0. The van der Waals surface area contributed by atoms with E-state index in [0.29, 0.717) is 11.5 Å². The molecule has 0 bridgehead atoms. The highest BCUT2D eigenvalue weighted by atomic mass is 16.3. The third kappa shape index (κ3) is 2.26. The zero-order chi connectivity index (χ0) is 12.4. The number of amides is 1. The van der Waals surface area contributed by atoms with Gasteiger partial charge in [-0.25, -0.2) is 4.68 Å². The van der Waals surface area contributed by atoms with Crippen molar-refractivity contribution in [3.63, 3.8) is 0 Å². The first-order valence-corrected chi connectivity index (χ1v) is 5.75. The zero-order valence-electron chi connectivity index (χ0n) is 10.2. The molecule has 17 heavy (non-hydrogen) atoms. The molecule has 0 fully saturated rings. The van der Waals surface area contributed by atoms with E-state index in [1.54, 1.807) is 29.9 Å². The maximum Gasteiger partial charge on any atom is 0.258 e. The zero-order valence-corrected chi connectivity index (χ0v) is 10.2. The van der Waals surface area contributed by atoms with E-state index in [2.05, 4.69) is 10.4 Å². The van der Waals surface area contributed by atoms with Crippen LogP contribution in [0, 0.1) is 5.92 Å². The van der Waals surface area contributed by atoms with Gasteiger partial charge in [0.25, 0.3) is 5.91 Å². The van der Waals surface area contributed by atoms with E-state index in [-0.39, 0.29) is 12.5 Å². The lowest BCUT2D eigenvalue weighted by molar-refractivity contribution is 0.0828. The van der Waals surface area contributed by atoms with Gasteiger partial charge in [0.15, 0.2) is 0 Å². The third-order valence-corrected chi connectivity index (χ3v) is 3.00. The predicted octanol–water partition coefficient (Wildman–Crippen LogP) is 0.00900. The van der Waals surface area contributed by atoms with E-state index in [0.717, 1.165) is 25.3 Å². The van der Waals surface area contributed by atoms with E-state index < -0.39 is 0 Å². The van der Waals surface area contributed by atoms with Crippen LogP contribution in [0.4, 0.5) is 5.82 Å². The first-order chi connectivity index (χ1) is 8.13. The minimum absolute atomic E-state index is 0.0423. The number of aromatic nitrogens is 2. The number of rotatable bonds is 3. The van der Waals surface area contributed by atoms with Gasteiger partial charge < -0.3 is 15.3 Å².